The summed E-state index contributed by atoms with van der Waals surface area (Å²) >= 11 is 7.59. The lowest BCUT2D eigenvalue weighted by molar-refractivity contribution is -0.116. The van der Waals surface area contributed by atoms with Gasteiger partial charge in [0.05, 0.1) is 39.1 Å². The number of halogens is 1. The summed E-state index contributed by atoms with van der Waals surface area (Å²) in [6.45, 7) is 0.230. The highest BCUT2D eigenvalue weighted by molar-refractivity contribution is 7.15. The van der Waals surface area contributed by atoms with E-state index in [1.54, 1.807) is 39.5 Å². The number of hydrogen-bond acceptors (Lipinski definition) is 6. The number of thiazole rings is 1. The number of rotatable bonds is 7. The number of aromatic nitrogens is 2. The highest BCUT2D eigenvalue weighted by Crippen LogP contribution is 2.33. The van der Waals surface area contributed by atoms with E-state index in [1.807, 2.05) is 16.0 Å². The molecule has 0 aliphatic heterocycles. The van der Waals surface area contributed by atoms with Crippen LogP contribution in [0.5, 0.6) is 17.2 Å². The molecule has 0 saturated heterocycles. The van der Waals surface area contributed by atoms with Crippen LogP contribution >= 0.6 is 22.9 Å². The van der Waals surface area contributed by atoms with Crippen LogP contribution in [0.15, 0.2) is 29.8 Å². The van der Waals surface area contributed by atoms with Crippen LogP contribution in [-0.4, -0.2) is 36.6 Å². The van der Waals surface area contributed by atoms with Gasteiger partial charge in [-0.25, -0.2) is 4.98 Å². The number of carbonyl (C=O) groups is 1. The van der Waals surface area contributed by atoms with Gasteiger partial charge in [0.25, 0.3) is 0 Å². The average Bonchev–Trinajstić information content (AvgIpc) is 3.24. The quantitative estimate of drug-likeness (QED) is 0.607. The van der Waals surface area contributed by atoms with Crippen molar-refractivity contribution in [2.24, 2.45) is 0 Å². The molecule has 7 nitrogen and oxygen atoms in total. The zero-order valence-corrected chi connectivity index (χ0v) is 16.6. The molecule has 2 heterocycles. The number of carbonyl (C=O) groups excluding carboxylic acids is 1. The highest BCUT2D eigenvalue weighted by atomic mass is 35.5. The SMILES string of the molecule is COc1cc(OC)c(CNC(=O)/C=C/c2c(Cl)nc3sccn23)c(OC)c1. The van der Waals surface area contributed by atoms with Gasteiger partial charge in [0, 0.05) is 29.8 Å². The van der Waals surface area contributed by atoms with Crippen molar-refractivity contribution in [2.75, 3.05) is 21.3 Å². The van der Waals surface area contributed by atoms with Crippen molar-refractivity contribution in [1.29, 1.82) is 0 Å². The van der Waals surface area contributed by atoms with Gasteiger partial charge in [-0.2, -0.15) is 0 Å². The van der Waals surface area contributed by atoms with Gasteiger partial charge in [0.1, 0.15) is 17.2 Å². The van der Waals surface area contributed by atoms with E-state index in [9.17, 15) is 4.79 Å². The second-order valence-electron chi connectivity index (χ2n) is 5.41. The molecule has 0 spiro atoms. The van der Waals surface area contributed by atoms with Crippen LogP contribution in [0.1, 0.15) is 11.3 Å². The first-order valence-electron chi connectivity index (χ1n) is 7.93. The van der Waals surface area contributed by atoms with E-state index < -0.39 is 0 Å². The van der Waals surface area contributed by atoms with E-state index in [1.165, 1.54) is 17.4 Å². The number of imidazole rings is 1. The Labute approximate surface area is 165 Å². The third-order valence-electron chi connectivity index (χ3n) is 3.90. The Hall–Kier alpha value is -2.71. The van der Waals surface area contributed by atoms with Gasteiger partial charge in [0.2, 0.25) is 5.91 Å². The normalized spacial score (nSPS) is 11.1. The summed E-state index contributed by atoms with van der Waals surface area (Å²) in [6, 6.07) is 3.47. The van der Waals surface area contributed by atoms with Gasteiger partial charge in [0.15, 0.2) is 10.1 Å². The smallest absolute Gasteiger partial charge is 0.244 e. The lowest BCUT2D eigenvalue weighted by Crippen LogP contribution is -2.21. The zero-order chi connectivity index (χ0) is 19.4. The molecule has 0 saturated carbocycles. The maximum atomic E-state index is 12.2. The molecule has 0 bridgehead atoms. The molecular weight excluding hydrogens is 390 g/mol. The number of amides is 1. The molecule has 142 valence electrons. The minimum atomic E-state index is -0.281. The first-order chi connectivity index (χ1) is 13.1. The summed E-state index contributed by atoms with van der Waals surface area (Å²) in [5, 5.41) is 5.07. The second kappa shape index (κ2) is 8.32. The van der Waals surface area contributed by atoms with Crippen LogP contribution in [0.2, 0.25) is 5.15 Å². The van der Waals surface area contributed by atoms with Crippen molar-refractivity contribution in [3.63, 3.8) is 0 Å². The minimum Gasteiger partial charge on any atom is -0.496 e. The van der Waals surface area contributed by atoms with Crippen LogP contribution in [0, 0.1) is 0 Å². The summed E-state index contributed by atoms with van der Waals surface area (Å²) in [7, 11) is 4.66. The summed E-state index contributed by atoms with van der Waals surface area (Å²) in [6.07, 6.45) is 4.89. The number of methoxy groups -OCH3 is 3. The Morgan fingerprint density at radius 3 is 2.59 bits per heavy atom. The number of ether oxygens (including phenoxy) is 3. The monoisotopic (exact) mass is 407 g/mol. The van der Waals surface area contributed by atoms with Gasteiger partial charge < -0.3 is 19.5 Å². The molecule has 3 rings (SSSR count). The third-order valence-corrected chi connectivity index (χ3v) is 4.94. The molecule has 0 unspecified atom stereocenters. The van der Waals surface area contributed by atoms with Crippen molar-refractivity contribution in [1.82, 2.24) is 14.7 Å². The first kappa shape index (κ1) is 19.1. The predicted octanol–water partition coefficient (Wildman–Crippen LogP) is 3.40. The number of benzene rings is 1. The molecule has 3 aromatic rings. The molecular formula is C18H18ClN3O4S. The number of nitrogens with one attached hydrogen (secondary N) is 1. The summed E-state index contributed by atoms with van der Waals surface area (Å²) in [4.78, 5) is 17.2. The van der Waals surface area contributed by atoms with Crippen molar-refractivity contribution in [3.05, 3.63) is 46.2 Å². The third kappa shape index (κ3) is 4.01. The Morgan fingerprint density at radius 1 is 1.26 bits per heavy atom. The van der Waals surface area contributed by atoms with E-state index in [4.69, 9.17) is 25.8 Å². The number of nitrogens with zero attached hydrogens (tertiary/aromatic N) is 2. The van der Waals surface area contributed by atoms with Crippen LogP contribution in [0.4, 0.5) is 0 Å². The van der Waals surface area contributed by atoms with Crippen molar-refractivity contribution in [3.8, 4) is 17.2 Å². The predicted molar refractivity (Wildman–Crippen MR) is 105 cm³/mol. The molecule has 1 amide bonds. The molecule has 1 aromatic carbocycles. The molecule has 0 atom stereocenters. The van der Waals surface area contributed by atoms with Crippen LogP contribution in [0.25, 0.3) is 11.0 Å². The maximum absolute atomic E-state index is 12.2. The van der Waals surface area contributed by atoms with E-state index >= 15 is 0 Å². The first-order valence-corrected chi connectivity index (χ1v) is 9.19. The molecule has 0 aliphatic rings. The van der Waals surface area contributed by atoms with Gasteiger partial charge >= 0.3 is 0 Å². The van der Waals surface area contributed by atoms with Crippen LogP contribution in [0.3, 0.4) is 0 Å². The van der Waals surface area contributed by atoms with Gasteiger partial charge in [-0.1, -0.05) is 11.6 Å². The fourth-order valence-electron chi connectivity index (χ4n) is 2.57. The van der Waals surface area contributed by atoms with Gasteiger partial charge in [-0.05, 0) is 6.08 Å². The van der Waals surface area contributed by atoms with Crippen LogP contribution in [-0.2, 0) is 11.3 Å². The van der Waals surface area contributed by atoms with E-state index in [0.717, 1.165) is 4.96 Å². The largest absolute Gasteiger partial charge is 0.496 e. The maximum Gasteiger partial charge on any atom is 0.244 e. The average molecular weight is 408 g/mol. The Kier molecular flexibility index (Phi) is 5.88. The standard InChI is InChI=1S/C18H18ClN3O4S/c1-24-11-8-14(25-2)12(15(9-11)26-3)10-20-16(23)5-4-13-17(19)21-18-22(13)6-7-27-18/h4-9H,10H2,1-3H3,(H,20,23)/b5-4+. The van der Waals surface area contributed by atoms with E-state index in [-0.39, 0.29) is 12.5 Å². The van der Waals surface area contributed by atoms with E-state index in [0.29, 0.717) is 33.7 Å². The fraction of sp³-hybridized carbons (Fsp3) is 0.222. The zero-order valence-electron chi connectivity index (χ0n) is 15.0. The molecule has 27 heavy (non-hydrogen) atoms. The van der Waals surface area contributed by atoms with E-state index in [2.05, 4.69) is 10.3 Å². The molecule has 0 aliphatic carbocycles. The summed E-state index contributed by atoms with van der Waals surface area (Å²) in [5.41, 5.74) is 1.37. The van der Waals surface area contributed by atoms with Crippen molar-refractivity contribution in [2.45, 2.75) is 6.54 Å². The Bertz CT molecular complexity index is 971. The van der Waals surface area contributed by atoms with Crippen molar-refractivity contribution < 1.29 is 19.0 Å². The molecule has 2 aromatic heterocycles. The number of fused-ring (bicyclic) bond motifs is 1. The topological polar surface area (TPSA) is 74.1 Å². The highest BCUT2D eigenvalue weighted by Gasteiger charge is 2.14. The van der Waals surface area contributed by atoms with Crippen molar-refractivity contribution >= 4 is 39.9 Å². The molecule has 0 radical (unpaired) electrons. The van der Waals surface area contributed by atoms with Crippen LogP contribution < -0.4 is 19.5 Å². The van der Waals surface area contributed by atoms with Gasteiger partial charge in [-0.15, -0.1) is 11.3 Å². The lowest BCUT2D eigenvalue weighted by atomic mass is 10.1. The molecule has 0 fully saturated rings. The second-order valence-corrected chi connectivity index (χ2v) is 6.64. The Balaban J connectivity index is 1.74. The fourth-order valence-corrected chi connectivity index (χ4v) is 3.57. The molecule has 1 N–H and O–H groups in total. The lowest BCUT2D eigenvalue weighted by Gasteiger charge is -2.15. The minimum absolute atomic E-state index is 0.230. The summed E-state index contributed by atoms with van der Waals surface area (Å²) in [5.74, 6) is 1.45. The Morgan fingerprint density at radius 2 is 1.96 bits per heavy atom. The summed E-state index contributed by atoms with van der Waals surface area (Å²) < 4.78 is 17.8. The number of hydrogen-bond donors (Lipinski definition) is 1. The van der Waals surface area contributed by atoms with Gasteiger partial charge in [-0.3, -0.25) is 9.20 Å². The molecule has 9 heteroatoms.